The predicted molar refractivity (Wildman–Crippen MR) is 101 cm³/mol. The van der Waals surface area contributed by atoms with Crippen molar-refractivity contribution in [2.24, 2.45) is 16.7 Å². The molecule has 1 aliphatic carbocycles. The summed E-state index contributed by atoms with van der Waals surface area (Å²) in [7, 11) is 1.40. The highest BCUT2D eigenvalue weighted by atomic mass is 19.1. The molecule has 2 aromatic rings. The molecular weight excluding hydrogens is 377 g/mol. The number of benzene rings is 1. The third-order valence-corrected chi connectivity index (χ3v) is 6.34. The van der Waals surface area contributed by atoms with Gasteiger partial charge in [-0.05, 0) is 29.9 Å². The van der Waals surface area contributed by atoms with E-state index in [-0.39, 0.29) is 53.3 Å². The molecule has 0 N–H and O–H groups in total. The van der Waals surface area contributed by atoms with Crippen LogP contribution in [-0.4, -0.2) is 47.1 Å². The average Bonchev–Trinajstić information content (AvgIpc) is 3.29. The van der Waals surface area contributed by atoms with Crippen molar-refractivity contribution in [2.45, 2.75) is 33.1 Å². The summed E-state index contributed by atoms with van der Waals surface area (Å²) in [6.07, 6.45) is 1.16. The number of carbonyl (C=O) groups is 2. The van der Waals surface area contributed by atoms with Crippen LogP contribution in [0.5, 0.6) is 0 Å². The van der Waals surface area contributed by atoms with Gasteiger partial charge < -0.3 is 14.2 Å². The number of esters is 1. The Morgan fingerprint density at radius 2 is 2.10 bits per heavy atom. The summed E-state index contributed by atoms with van der Waals surface area (Å²) in [6.45, 7) is 5.17. The van der Waals surface area contributed by atoms with Crippen LogP contribution >= 0.6 is 0 Å². The Morgan fingerprint density at radius 1 is 1.34 bits per heavy atom. The number of methoxy groups -OCH3 is 1. The van der Waals surface area contributed by atoms with Crippen LogP contribution in [-0.2, 0) is 20.7 Å². The molecule has 1 aliphatic heterocycles. The van der Waals surface area contributed by atoms with Crippen molar-refractivity contribution in [1.82, 2.24) is 15.0 Å². The zero-order valence-electron chi connectivity index (χ0n) is 16.8. The molecule has 0 unspecified atom stereocenters. The average molecular weight is 401 g/mol. The summed E-state index contributed by atoms with van der Waals surface area (Å²) in [5.74, 6) is -0.188. The first-order chi connectivity index (χ1) is 13.8. The zero-order chi connectivity index (χ0) is 20.8. The van der Waals surface area contributed by atoms with Gasteiger partial charge in [0.25, 0.3) is 0 Å². The SMILES string of the molecule is COC(=O)[C@@]12CN(C(=O)CCc3nc(-c4ccccc4F)no3)C[C@@H]1C(C)(C)C2. The van der Waals surface area contributed by atoms with E-state index >= 15 is 0 Å². The standard InChI is InChI=1S/C21H24FN3O4/c1-20(2)11-21(19(27)28-3)12-25(10-15(20)21)17(26)9-8-16-23-18(24-29-16)13-6-4-5-7-14(13)22/h4-7,15H,8-12H2,1-3H3/t15-,21+/m1/s1. The minimum Gasteiger partial charge on any atom is -0.469 e. The molecule has 1 saturated carbocycles. The van der Waals surface area contributed by atoms with Crippen molar-refractivity contribution in [3.8, 4) is 11.4 Å². The summed E-state index contributed by atoms with van der Waals surface area (Å²) in [5, 5.41) is 3.81. The molecule has 2 atom stereocenters. The molecule has 1 aromatic carbocycles. The number of ether oxygens (including phenoxy) is 1. The van der Waals surface area contributed by atoms with Gasteiger partial charge in [0.2, 0.25) is 17.6 Å². The number of aromatic nitrogens is 2. The van der Waals surface area contributed by atoms with E-state index in [4.69, 9.17) is 9.26 Å². The highest BCUT2D eigenvalue weighted by Crippen LogP contribution is 2.63. The summed E-state index contributed by atoms with van der Waals surface area (Å²) < 4.78 is 24.1. The van der Waals surface area contributed by atoms with Crippen molar-refractivity contribution < 1.29 is 23.2 Å². The lowest BCUT2D eigenvalue weighted by Crippen LogP contribution is -2.57. The van der Waals surface area contributed by atoms with Crippen LogP contribution in [0.2, 0.25) is 0 Å². The van der Waals surface area contributed by atoms with Crippen molar-refractivity contribution >= 4 is 11.9 Å². The Balaban J connectivity index is 1.40. The van der Waals surface area contributed by atoms with E-state index < -0.39 is 11.2 Å². The van der Waals surface area contributed by atoms with E-state index in [1.165, 1.54) is 13.2 Å². The fourth-order valence-electron chi connectivity index (χ4n) is 5.04. The molecule has 2 aliphatic rings. The molecule has 0 radical (unpaired) electrons. The monoisotopic (exact) mass is 401 g/mol. The van der Waals surface area contributed by atoms with Gasteiger partial charge in [-0.3, -0.25) is 9.59 Å². The number of halogens is 1. The van der Waals surface area contributed by atoms with E-state index in [1.807, 2.05) is 0 Å². The summed E-state index contributed by atoms with van der Waals surface area (Å²) in [6, 6.07) is 6.18. The lowest BCUT2D eigenvalue weighted by molar-refractivity contribution is -0.174. The molecule has 0 spiro atoms. The molecule has 7 nitrogen and oxygen atoms in total. The molecule has 4 rings (SSSR count). The first kappa shape index (κ1) is 19.5. The maximum absolute atomic E-state index is 13.9. The zero-order valence-corrected chi connectivity index (χ0v) is 16.8. The van der Waals surface area contributed by atoms with E-state index in [2.05, 4.69) is 24.0 Å². The first-order valence-electron chi connectivity index (χ1n) is 9.70. The molecule has 1 aromatic heterocycles. The van der Waals surface area contributed by atoms with Gasteiger partial charge in [-0.15, -0.1) is 0 Å². The molecule has 2 heterocycles. The Kier molecular flexibility index (Phi) is 4.67. The second-order valence-electron chi connectivity index (χ2n) is 8.63. The normalized spacial score (nSPS) is 24.7. The highest BCUT2D eigenvalue weighted by Gasteiger charge is 2.67. The van der Waals surface area contributed by atoms with Crippen LogP contribution in [0.4, 0.5) is 4.39 Å². The fraction of sp³-hybridized carbons (Fsp3) is 0.524. The second-order valence-corrected chi connectivity index (χ2v) is 8.63. The number of carbonyl (C=O) groups excluding carboxylic acids is 2. The Hall–Kier alpha value is -2.77. The van der Waals surface area contributed by atoms with Gasteiger partial charge in [0.1, 0.15) is 5.82 Å². The van der Waals surface area contributed by atoms with Crippen molar-refractivity contribution in [2.75, 3.05) is 20.2 Å². The number of rotatable bonds is 5. The van der Waals surface area contributed by atoms with Crippen LogP contribution in [0.3, 0.4) is 0 Å². The number of aryl methyl sites for hydroxylation is 1. The van der Waals surface area contributed by atoms with Crippen molar-refractivity contribution in [1.29, 1.82) is 0 Å². The predicted octanol–water partition coefficient (Wildman–Crippen LogP) is 2.86. The number of nitrogens with zero attached hydrogens (tertiary/aromatic N) is 3. The third kappa shape index (κ3) is 3.20. The quantitative estimate of drug-likeness (QED) is 0.716. The molecule has 1 amide bonds. The fourth-order valence-corrected chi connectivity index (χ4v) is 5.04. The Morgan fingerprint density at radius 3 is 2.79 bits per heavy atom. The second kappa shape index (κ2) is 6.93. The number of hydrogen-bond donors (Lipinski definition) is 0. The van der Waals surface area contributed by atoms with Crippen molar-refractivity contribution in [3.05, 3.63) is 36.0 Å². The van der Waals surface area contributed by atoms with E-state index in [1.54, 1.807) is 23.1 Å². The molecule has 8 heteroatoms. The van der Waals surface area contributed by atoms with Gasteiger partial charge in [-0.1, -0.05) is 31.1 Å². The van der Waals surface area contributed by atoms with E-state index in [9.17, 15) is 14.0 Å². The van der Waals surface area contributed by atoms with Gasteiger partial charge in [0.05, 0.1) is 18.1 Å². The van der Waals surface area contributed by atoms with Gasteiger partial charge in [-0.2, -0.15) is 4.98 Å². The lowest BCUT2D eigenvalue weighted by atomic mass is 9.48. The van der Waals surface area contributed by atoms with Gasteiger partial charge in [0.15, 0.2) is 0 Å². The topological polar surface area (TPSA) is 85.5 Å². The Labute approximate surface area is 168 Å². The van der Waals surface area contributed by atoms with Crippen LogP contribution in [0, 0.1) is 22.6 Å². The molecule has 2 fully saturated rings. The summed E-state index contributed by atoms with van der Waals surface area (Å²) in [5.41, 5.74) is -0.326. The summed E-state index contributed by atoms with van der Waals surface area (Å²) in [4.78, 5) is 31.1. The molecule has 154 valence electrons. The molecule has 0 bridgehead atoms. The van der Waals surface area contributed by atoms with E-state index in [0.29, 0.717) is 13.1 Å². The number of likely N-dealkylation sites (tertiary alicyclic amines) is 1. The summed E-state index contributed by atoms with van der Waals surface area (Å²) >= 11 is 0. The Bertz CT molecular complexity index is 957. The number of hydrogen-bond acceptors (Lipinski definition) is 6. The van der Waals surface area contributed by atoms with Gasteiger partial charge in [-0.25, -0.2) is 4.39 Å². The minimum absolute atomic E-state index is 0.00433. The molecule has 1 saturated heterocycles. The minimum atomic E-state index is -0.587. The number of fused-ring (bicyclic) bond motifs is 1. The highest BCUT2D eigenvalue weighted by molar-refractivity contribution is 5.83. The van der Waals surface area contributed by atoms with Crippen LogP contribution in [0.25, 0.3) is 11.4 Å². The maximum atomic E-state index is 13.9. The molecular formula is C21H24FN3O4. The van der Waals surface area contributed by atoms with E-state index in [0.717, 1.165) is 6.42 Å². The van der Waals surface area contributed by atoms with Crippen molar-refractivity contribution in [3.63, 3.8) is 0 Å². The van der Waals surface area contributed by atoms with Gasteiger partial charge >= 0.3 is 5.97 Å². The maximum Gasteiger partial charge on any atom is 0.314 e. The number of amides is 1. The van der Waals surface area contributed by atoms with Crippen LogP contribution in [0.1, 0.15) is 32.6 Å². The lowest BCUT2D eigenvalue weighted by Gasteiger charge is -2.54. The van der Waals surface area contributed by atoms with Crippen LogP contribution < -0.4 is 0 Å². The van der Waals surface area contributed by atoms with Gasteiger partial charge in [0, 0.05) is 25.9 Å². The smallest absolute Gasteiger partial charge is 0.314 e. The van der Waals surface area contributed by atoms with Crippen LogP contribution in [0.15, 0.2) is 28.8 Å². The third-order valence-electron chi connectivity index (χ3n) is 6.34. The molecule has 29 heavy (non-hydrogen) atoms. The largest absolute Gasteiger partial charge is 0.469 e. The first-order valence-corrected chi connectivity index (χ1v) is 9.70.